The van der Waals surface area contributed by atoms with Crippen molar-refractivity contribution < 1.29 is 14.6 Å². The molecule has 1 aromatic carbocycles. The minimum Gasteiger partial charge on any atom is -0.508 e. The lowest BCUT2D eigenvalue weighted by Gasteiger charge is -2.00. The van der Waals surface area contributed by atoms with Crippen molar-refractivity contribution in [2.24, 2.45) is 0 Å². The van der Waals surface area contributed by atoms with Crippen molar-refractivity contribution in [3.05, 3.63) is 30.0 Å². The van der Waals surface area contributed by atoms with Crippen LogP contribution in [0.25, 0.3) is 10.9 Å². The summed E-state index contributed by atoms with van der Waals surface area (Å²) >= 11 is 0. The lowest BCUT2D eigenvalue weighted by molar-refractivity contribution is -0.142. The highest BCUT2D eigenvalue weighted by atomic mass is 16.5. The molecule has 0 radical (unpaired) electrons. The van der Waals surface area contributed by atoms with Crippen LogP contribution in [0.4, 0.5) is 0 Å². The number of aromatic amines is 1. The molecule has 4 heteroatoms. The second-order valence-electron chi connectivity index (χ2n) is 3.53. The number of benzene rings is 1. The van der Waals surface area contributed by atoms with Crippen LogP contribution in [-0.2, 0) is 16.0 Å². The van der Waals surface area contributed by atoms with Crippen molar-refractivity contribution >= 4 is 16.9 Å². The highest BCUT2D eigenvalue weighted by Gasteiger charge is 2.09. The average Bonchev–Trinajstić information content (AvgIpc) is 2.61. The van der Waals surface area contributed by atoms with Gasteiger partial charge < -0.3 is 14.8 Å². The molecule has 1 aromatic heterocycles. The maximum absolute atomic E-state index is 11.3. The number of phenols is 1. The van der Waals surface area contributed by atoms with Crippen LogP contribution in [0.1, 0.15) is 12.5 Å². The number of ether oxygens (including phenoxy) is 1. The summed E-state index contributed by atoms with van der Waals surface area (Å²) in [7, 11) is 0. The van der Waals surface area contributed by atoms with E-state index in [4.69, 9.17) is 4.74 Å². The largest absolute Gasteiger partial charge is 0.508 e. The number of hydrogen-bond acceptors (Lipinski definition) is 3. The van der Waals surface area contributed by atoms with E-state index in [-0.39, 0.29) is 18.1 Å². The maximum atomic E-state index is 11.3. The highest BCUT2D eigenvalue weighted by Crippen LogP contribution is 2.23. The van der Waals surface area contributed by atoms with Gasteiger partial charge in [-0.15, -0.1) is 0 Å². The standard InChI is InChI=1S/C12H13NO3/c1-2-16-12(15)5-8-7-13-11-4-3-9(14)6-10(8)11/h3-4,6-7,13-14H,2,5H2,1H3. The second-order valence-corrected chi connectivity index (χ2v) is 3.53. The normalized spacial score (nSPS) is 10.6. The molecule has 0 aliphatic carbocycles. The van der Waals surface area contributed by atoms with E-state index in [1.807, 2.05) is 0 Å². The van der Waals surface area contributed by atoms with Gasteiger partial charge in [0.25, 0.3) is 0 Å². The van der Waals surface area contributed by atoms with Crippen LogP contribution in [0.3, 0.4) is 0 Å². The molecule has 0 fully saturated rings. The summed E-state index contributed by atoms with van der Waals surface area (Å²) in [4.78, 5) is 14.4. The molecule has 0 bridgehead atoms. The molecule has 0 saturated carbocycles. The third kappa shape index (κ3) is 2.00. The van der Waals surface area contributed by atoms with Crippen LogP contribution in [0.5, 0.6) is 5.75 Å². The van der Waals surface area contributed by atoms with Gasteiger partial charge in [0, 0.05) is 17.1 Å². The quantitative estimate of drug-likeness (QED) is 0.776. The first-order valence-electron chi connectivity index (χ1n) is 5.15. The number of H-pyrrole nitrogens is 1. The molecule has 0 aliphatic rings. The predicted octanol–water partition coefficient (Wildman–Crippen LogP) is 1.98. The van der Waals surface area contributed by atoms with Gasteiger partial charge in [0.15, 0.2) is 0 Å². The predicted molar refractivity (Wildman–Crippen MR) is 60.3 cm³/mol. The van der Waals surface area contributed by atoms with E-state index in [2.05, 4.69) is 4.98 Å². The minimum absolute atomic E-state index is 0.192. The lowest BCUT2D eigenvalue weighted by atomic mass is 10.1. The molecule has 0 saturated heterocycles. The molecule has 0 atom stereocenters. The van der Waals surface area contributed by atoms with Crippen molar-refractivity contribution in [1.82, 2.24) is 4.98 Å². The van der Waals surface area contributed by atoms with Crippen molar-refractivity contribution in [2.75, 3.05) is 6.61 Å². The Balaban J connectivity index is 2.30. The molecule has 1 heterocycles. The van der Waals surface area contributed by atoms with E-state index < -0.39 is 0 Å². The second kappa shape index (κ2) is 4.26. The SMILES string of the molecule is CCOC(=O)Cc1c[nH]c2ccc(O)cc12. The number of carbonyl (C=O) groups is 1. The molecular weight excluding hydrogens is 206 g/mol. The number of hydrogen-bond donors (Lipinski definition) is 2. The van der Waals surface area contributed by atoms with Crippen LogP contribution in [0.15, 0.2) is 24.4 Å². The van der Waals surface area contributed by atoms with Gasteiger partial charge in [-0.1, -0.05) is 0 Å². The topological polar surface area (TPSA) is 62.3 Å². The van der Waals surface area contributed by atoms with Gasteiger partial charge in [-0.3, -0.25) is 4.79 Å². The summed E-state index contributed by atoms with van der Waals surface area (Å²) < 4.78 is 4.88. The van der Waals surface area contributed by atoms with Gasteiger partial charge in [-0.25, -0.2) is 0 Å². The van der Waals surface area contributed by atoms with Crippen LogP contribution in [-0.4, -0.2) is 22.7 Å². The molecule has 0 unspecified atom stereocenters. The first kappa shape index (κ1) is 10.5. The summed E-state index contributed by atoms with van der Waals surface area (Å²) in [6.45, 7) is 2.16. The molecule has 0 amide bonds. The Morgan fingerprint density at radius 1 is 1.50 bits per heavy atom. The molecule has 2 aromatic rings. The Bertz CT molecular complexity index is 516. The fraction of sp³-hybridized carbons (Fsp3) is 0.250. The van der Waals surface area contributed by atoms with Crippen molar-refractivity contribution in [1.29, 1.82) is 0 Å². The lowest BCUT2D eigenvalue weighted by Crippen LogP contribution is -2.06. The average molecular weight is 219 g/mol. The summed E-state index contributed by atoms with van der Waals surface area (Å²) in [6, 6.07) is 5.02. The summed E-state index contributed by atoms with van der Waals surface area (Å²) in [6.07, 6.45) is 1.98. The van der Waals surface area contributed by atoms with E-state index in [0.29, 0.717) is 6.61 Å². The van der Waals surface area contributed by atoms with Gasteiger partial charge in [-0.2, -0.15) is 0 Å². The number of nitrogens with one attached hydrogen (secondary N) is 1. The number of aromatic hydroxyl groups is 1. The fourth-order valence-electron chi connectivity index (χ4n) is 1.68. The van der Waals surface area contributed by atoms with E-state index >= 15 is 0 Å². The molecule has 2 N–H and O–H groups in total. The molecule has 4 nitrogen and oxygen atoms in total. The number of carbonyl (C=O) groups excluding carboxylic acids is 1. The van der Waals surface area contributed by atoms with Gasteiger partial charge >= 0.3 is 5.97 Å². The van der Waals surface area contributed by atoms with Gasteiger partial charge in [0.2, 0.25) is 0 Å². The Morgan fingerprint density at radius 2 is 2.31 bits per heavy atom. The van der Waals surface area contributed by atoms with Gasteiger partial charge in [-0.05, 0) is 30.7 Å². The molecule has 16 heavy (non-hydrogen) atoms. The van der Waals surface area contributed by atoms with E-state index in [1.165, 1.54) is 0 Å². The summed E-state index contributed by atoms with van der Waals surface area (Å²) in [5.74, 6) is -0.0658. The van der Waals surface area contributed by atoms with Crippen molar-refractivity contribution in [2.45, 2.75) is 13.3 Å². The molecule has 0 spiro atoms. The zero-order valence-electron chi connectivity index (χ0n) is 8.99. The van der Waals surface area contributed by atoms with Crippen molar-refractivity contribution in [3.8, 4) is 5.75 Å². The van der Waals surface area contributed by atoms with Gasteiger partial charge in [0.1, 0.15) is 5.75 Å². The zero-order chi connectivity index (χ0) is 11.5. The number of fused-ring (bicyclic) bond motifs is 1. The molecule has 84 valence electrons. The Labute approximate surface area is 92.9 Å². The number of rotatable bonds is 3. The monoisotopic (exact) mass is 219 g/mol. The van der Waals surface area contributed by atoms with E-state index in [9.17, 15) is 9.90 Å². The van der Waals surface area contributed by atoms with Crippen LogP contribution < -0.4 is 0 Å². The number of esters is 1. The van der Waals surface area contributed by atoms with Crippen molar-refractivity contribution in [3.63, 3.8) is 0 Å². The first-order valence-corrected chi connectivity index (χ1v) is 5.15. The first-order chi connectivity index (χ1) is 7.70. The number of phenolic OH excluding ortho intramolecular Hbond substituents is 1. The third-order valence-corrected chi connectivity index (χ3v) is 2.39. The van der Waals surface area contributed by atoms with Crippen LogP contribution in [0.2, 0.25) is 0 Å². The Kier molecular flexibility index (Phi) is 2.81. The van der Waals surface area contributed by atoms with E-state index in [0.717, 1.165) is 16.5 Å². The minimum atomic E-state index is -0.258. The smallest absolute Gasteiger partial charge is 0.310 e. The summed E-state index contributed by atoms with van der Waals surface area (Å²) in [5.41, 5.74) is 1.74. The molecular formula is C12H13NO3. The molecule has 0 aliphatic heterocycles. The molecule has 2 rings (SSSR count). The fourth-order valence-corrected chi connectivity index (χ4v) is 1.68. The van der Waals surface area contributed by atoms with Crippen LogP contribution >= 0.6 is 0 Å². The number of aromatic nitrogens is 1. The zero-order valence-corrected chi connectivity index (χ0v) is 8.99. The summed E-state index contributed by atoms with van der Waals surface area (Å²) in [5, 5.41) is 10.2. The Hall–Kier alpha value is -1.97. The van der Waals surface area contributed by atoms with E-state index in [1.54, 1.807) is 31.3 Å². The van der Waals surface area contributed by atoms with Crippen LogP contribution in [0, 0.1) is 0 Å². The Morgan fingerprint density at radius 3 is 3.06 bits per heavy atom. The maximum Gasteiger partial charge on any atom is 0.310 e. The van der Waals surface area contributed by atoms with Gasteiger partial charge in [0.05, 0.1) is 13.0 Å². The highest BCUT2D eigenvalue weighted by molar-refractivity contribution is 5.88. The third-order valence-electron chi connectivity index (χ3n) is 2.39.